The lowest BCUT2D eigenvalue weighted by Gasteiger charge is -2.20. The lowest BCUT2D eigenvalue weighted by molar-refractivity contribution is -0.120. The van der Waals surface area contributed by atoms with Crippen molar-refractivity contribution in [2.75, 3.05) is 7.11 Å². The number of methoxy groups -OCH3 is 1. The summed E-state index contributed by atoms with van der Waals surface area (Å²) in [6, 6.07) is 24.4. The van der Waals surface area contributed by atoms with Crippen molar-refractivity contribution >= 4 is 28.6 Å². The Labute approximate surface area is 195 Å². The topological polar surface area (TPSA) is 73.2 Å². The van der Waals surface area contributed by atoms with Gasteiger partial charge in [-0.1, -0.05) is 66.4 Å². The monoisotopic (exact) mass is 457 g/mol. The molecule has 0 saturated heterocycles. The van der Waals surface area contributed by atoms with E-state index in [1.807, 2.05) is 66.7 Å². The number of carbonyl (C=O) groups excluding carboxylic acids is 1. The number of thioether (sulfide) groups is 1. The summed E-state index contributed by atoms with van der Waals surface area (Å²) < 4.78 is 7.09. The van der Waals surface area contributed by atoms with Gasteiger partial charge in [0.2, 0.25) is 5.91 Å². The Morgan fingerprint density at radius 2 is 1.73 bits per heavy atom. The van der Waals surface area contributed by atoms with Crippen LogP contribution in [0.15, 0.2) is 88.8 Å². The molecular formula is C26H23N3O3S. The quantitative estimate of drug-likeness (QED) is 0.327. The minimum absolute atomic E-state index is 0.0808. The van der Waals surface area contributed by atoms with Crippen LogP contribution in [0.25, 0.3) is 16.6 Å². The van der Waals surface area contributed by atoms with Crippen LogP contribution in [0.2, 0.25) is 0 Å². The van der Waals surface area contributed by atoms with Crippen LogP contribution in [0.1, 0.15) is 23.7 Å². The number of amides is 1. The van der Waals surface area contributed by atoms with Gasteiger partial charge in [-0.25, -0.2) is 4.98 Å². The van der Waals surface area contributed by atoms with Gasteiger partial charge in [-0.3, -0.25) is 14.2 Å². The number of rotatable bonds is 7. The highest BCUT2D eigenvalue weighted by Gasteiger charge is 2.30. The molecule has 1 aromatic heterocycles. The number of benzene rings is 3. The lowest BCUT2D eigenvalue weighted by Crippen LogP contribution is -2.30. The first kappa shape index (κ1) is 21.3. The second-order valence-corrected chi connectivity index (χ2v) is 8.99. The van der Waals surface area contributed by atoms with Crippen LogP contribution in [0.3, 0.4) is 0 Å². The molecular weight excluding hydrogens is 434 g/mol. The highest BCUT2D eigenvalue weighted by molar-refractivity contribution is 8.00. The van der Waals surface area contributed by atoms with Crippen LogP contribution < -0.4 is 15.6 Å². The normalized spacial score (nSPS) is 14.1. The third-order valence-corrected chi connectivity index (χ3v) is 6.77. The molecule has 3 aromatic carbocycles. The Balaban J connectivity index is 1.68. The minimum Gasteiger partial charge on any atom is -0.495 e. The van der Waals surface area contributed by atoms with E-state index in [0.717, 1.165) is 18.4 Å². The molecule has 1 saturated carbocycles. The SMILES string of the molecule is COc1ccccc1-n1c(S[C@@H](C(=O)NC2CC2)c2ccccc2)nc2ccccc2c1=O. The van der Waals surface area contributed by atoms with E-state index in [2.05, 4.69) is 5.32 Å². The molecule has 4 aromatic rings. The maximum absolute atomic E-state index is 13.6. The smallest absolute Gasteiger partial charge is 0.266 e. The van der Waals surface area contributed by atoms with Gasteiger partial charge in [0.25, 0.3) is 5.56 Å². The molecule has 7 heteroatoms. The zero-order valence-corrected chi connectivity index (χ0v) is 18.9. The van der Waals surface area contributed by atoms with Gasteiger partial charge in [0.15, 0.2) is 5.16 Å². The Morgan fingerprint density at radius 3 is 2.48 bits per heavy atom. The van der Waals surface area contributed by atoms with Gasteiger partial charge in [-0.2, -0.15) is 0 Å². The van der Waals surface area contributed by atoms with Crippen molar-refractivity contribution in [1.82, 2.24) is 14.9 Å². The molecule has 1 N–H and O–H groups in total. The van der Waals surface area contributed by atoms with Crippen molar-refractivity contribution in [3.63, 3.8) is 0 Å². The summed E-state index contributed by atoms with van der Waals surface area (Å²) in [7, 11) is 1.57. The molecule has 1 amide bonds. The van der Waals surface area contributed by atoms with Gasteiger partial charge in [-0.05, 0) is 42.7 Å². The number of carbonyl (C=O) groups is 1. The van der Waals surface area contributed by atoms with Crippen molar-refractivity contribution in [3.8, 4) is 11.4 Å². The molecule has 33 heavy (non-hydrogen) atoms. The summed E-state index contributed by atoms with van der Waals surface area (Å²) in [6.45, 7) is 0. The summed E-state index contributed by atoms with van der Waals surface area (Å²) in [6.07, 6.45) is 2.00. The molecule has 0 bridgehead atoms. The van der Waals surface area contributed by atoms with Gasteiger partial charge in [-0.15, -0.1) is 0 Å². The summed E-state index contributed by atoms with van der Waals surface area (Å²) >= 11 is 1.27. The molecule has 0 aliphatic heterocycles. The molecule has 1 atom stereocenters. The molecule has 1 aliphatic rings. The van der Waals surface area contributed by atoms with Crippen molar-refractivity contribution in [2.24, 2.45) is 0 Å². The van der Waals surface area contributed by atoms with Crippen LogP contribution >= 0.6 is 11.8 Å². The zero-order chi connectivity index (χ0) is 22.8. The van der Waals surface area contributed by atoms with Gasteiger partial charge >= 0.3 is 0 Å². The van der Waals surface area contributed by atoms with Crippen LogP contribution in [0.5, 0.6) is 5.75 Å². The summed E-state index contributed by atoms with van der Waals surface area (Å²) in [5, 5.41) is 3.49. The van der Waals surface area contributed by atoms with Crippen LogP contribution in [0.4, 0.5) is 0 Å². The van der Waals surface area contributed by atoms with E-state index in [1.165, 1.54) is 11.8 Å². The van der Waals surface area contributed by atoms with Crippen molar-refractivity contribution in [1.29, 1.82) is 0 Å². The first-order chi connectivity index (χ1) is 16.2. The van der Waals surface area contributed by atoms with Gasteiger partial charge in [0, 0.05) is 6.04 Å². The number of hydrogen-bond acceptors (Lipinski definition) is 5. The highest BCUT2D eigenvalue weighted by atomic mass is 32.2. The second kappa shape index (κ2) is 9.11. The predicted octanol–water partition coefficient (Wildman–Crippen LogP) is 4.51. The first-order valence-electron chi connectivity index (χ1n) is 10.8. The summed E-state index contributed by atoms with van der Waals surface area (Å²) in [4.78, 5) is 31.7. The Hall–Kier alpha value is -3.58. The van der Waals surface area contributed by atoms with E-state index in [0.29, 0.717) is 27.5 Å². The average molecular weight is 458 g/mol. The number of aromatic nitrogens is 2. The van der Waals surface area contributed by atoms with E-state index in [4.69, 9.17) is 9.72 Å². The molecule has 1 fully saturated rings. The molecule has 0 radical (unpaired) electrons. The van der Waals surface area contributed by atoms with Crippen LogP contribution in [-0.2, 0) is 4.79 Å². The minimum atomic E-state index is -0.555. The van der Waals surface area contributed by atoms with Gasteiger partial charge < -0.3 is 10.1 Å². The largest absolute Gasteiger partial charge is 0.495 e. The summed E-state index contributed by atoms with van der Waals surface area (Å²) in [5.41, 5.74) is 1.82. The molecule has 1 aliphatic carbocycles. The number of nitrogens with one attached hydrogen (secondary N) is 1. The third-order valence-electron chi connectivity index (χ3n) is 5.56. The highest BCUT2D eigenvalue weighted by Crippen LogP contribution is 2.37. The van der Waals surface area contributed by atoms with Gasteiger partial charge in [0.05, 0.1) is 23.7 Å². The Kier molecular flexibility index (Phi) is 5.88. The number of fused-ring (bicyclic) bond motifs is 1. The molecule has 0 spiro atoms. The van der Waals surface area contributed by atoms with Crippen molar-refractivity contribution in [2.45, 2.75) is 29.3 Å². The fraction of sp³-hybridized carbons (Fsp3) is 0.192. The van der Waals surface area contributed by atoms with Gasteiger partial charge in [0.1, 0.15) is 11.0 Å². The molecule has 166 valence electrons. The number of nitrogens with zero attached hydrogens (tertiary/aromatic N) is 2. The maximum atomic E-state index is 13.6. The lowest BCUT2D eigenvalue weighted by atomic mass is 10.1. The zero-order valence-electron chi connectivity index (χ0n) is 18.1. The first-order valence-corrected chi connectivity index (χ1v) is 11.7. The molecule has 1 heterocycles. The van der Waals surface area contributed by atoms with E-state index in [-0.39, 0.29) is 17.5 Å². The fourth-order valence-electron chi connectivity index (χ4n) is 3.73. The van der Waals surface area contributed by atoms with E-state index < -0.39 is 5.25 Å². The van der Waals surface area contributed by atoms with Crippen LogP contribution in [-0.4, -0.2) is 28.6 Å². The van der Waals surface area contributed by atoms with E-state index >= 15 is 0 Å². The van der Waals surface area contributed by atoms with E-state index in [1.54, 1.807) is 23.8 Å². The summed E-state index contributed by atoms with van der Waals surface area (Å²) in [5.74, 6) is 0.472. The number of ether oxygens (including phenoxy) is 1. The standard InChI is InChI=1S/C26H23N3O3S/c1-32-22-14-8-7-13-21(22)29-25(31)19-11-5-6-12-20(19)28-26(29)33-23(17-9-3-2-4-10-17)24(30)27-18-15-16-18/h2-14,18,23H,15-16H2,1H3,(H,27,30)/t23-/m1/s1. The molecule has 5 rings (SSSR count). The molecule has 6 nitrogen and oxygen atoms in total. The van der Waals surface area contributed by atoms with E-state index in [9.17, 15) is 9.59 Å². The predicted molar refractivity (Wildman–Crippen MR) is 130 cm³/mol. The maximum Gasteiger partial charge on any atom is 0.266 e. The number of hydrogen-bond donors (Lipinski definition) is 1. The molecule has 0 unspecified atom stereocenters. The van der Waals surface area contributed by atoms with Crippen molar-refractivity contribution < 1.29 is 9.53 Å². The second-order valence-electron chi connectivity index (χ2n) is 7.92. The van der Waals surface area contributed by atoms with Crippen LogP contribution in [0, 0.1) is 0 Å². The van der Waals surface area contributed by atoms with Crippen molar-refractivity contribution in [3.05, 3.63) is 94.8 Å². The Bertz CT molecular complexity index is 1370. The fourth-order valence-corrected chi connectivity index (χ4v) is 4.85. The average Bonchev–Trinajstić information content (AvgIpc) is 3.67. The number of para-hydroxylation sites is 3. The third kappa shape index (κ3) is 4.36. The Morgan fingerprint density at radius 1 is 1.03 bits per heavy atom.